The normalized spacial score (nSPS) is 32.6. The Morgan fingerprint density at radius 1 is 1.29 bits per heavy atom. The maximum atomic E-state index is 3.66. The van der Waals surface area contributed by atoms with Crippen molar-refractivity contribution in [1.82, 2.24) is 10.2 Å². The Labute approximate surface area is 111 Å². The van der Waals surface area contributed by atoms with Crippen LogP contribution in [0.1, 0.15) is 33.1 Å². The summed E-state index contributed by atoms with van der Waals surface area (Å²) in [7, 11) is 0. The Hall–Kier alpha value is 0.270. The molecule has 2 rings (SSSR count). The SMILES string of the molecule is CC(C)C1CCCN(CC2CSCCN2)CC1. The molecule has 0 aliphatic carbocycles. The van der Waals surface area contributed by atoms with E-state index >= 15 is 0 Å². The lowest BCUT2D eigenvalue weighted by atomic mass is 9.89. The lowest BCUT2D eigenvalue weighted by Gasteiger charge is -2.29. The molecule has 1 N–H and O–H groups in total. The second-order valence-corrected chi connectivity index (χ2v) is 7.11. The van der Waals surface area contributed by atoms with Gasteiger partial charge in [0.25, 0.3) is 0 Å². The third kappa shape index (κ3) is 4.46. The molecule has 100 valence electrons. The minimum Gasteiger partial charge on any atom is -0.311 e. The zero-order chi connectivity index (χ0) is 12.1. The van der Waals surface area contributed by atoms with E-state index in [1.165, 1.54) is 56.9 Å². The second kappa shape index (κ2) is 7.01. The van der Waals surface area contributed by atoms with Crippen LogP contribution in [0.4, 0.5) is 0 Å². The topological polar surface area (TPSA) is 15.3 Å². The molecule has 17 heavy (non-hydrogen) atoms. The van der Waals surface area contributed by atoms with E-state index in [1.807, 2.05) is 0 Å². The van der Waals surface area contributed by atoms with E-state index in [1.54, 1.807) is 0 Å². The number of nitrogens with zero attached hydrogens (tertiary/aromatic N) is 1. The van der Waals surface area contributed by atoms with E-state index in [0.29, 0.717) is 0 Å². The molecular formula is C14H28N2S. The van der Waals surface area contributed by atoms with Crippen LogP contribution < -0.4 is 5.32 Å². The van der Waals surface area contributed by atoms with Gasteiger partial charge in [0.15, 0.2) is 0 Å². The maximum Gasteiger partial charge on any atom is 0.0285 e. The number of hydrogen-bond donors (Lipinski definition) is 1. The van der Waals surface area contributed by atoms with Crippen molar-refractivity contribution in [2.45, 2.75) is 39.2 Å². The lowest BCUT2D eigenvalue weighted by molar-refractivity contribution is 0.249. The van der Waals surface area contributed by atoms with Gasteiger partial charge in [-0.15, -0.1) is 0 Å². The highest BCUT2D eigenvalue weighted by atomic mass is 32.2. The Kier molecular flexibility index (Phi) is 5.64. The van der Waals surface area contributed by atoms with Crippen molar-refractivity contribution in [2.24, 2.45) is 11.8 Å². The summed E-state index contributed by atoms with van der Waals surface area (Å²) in [5.41, 5.74) is 0. The first-order valence-corrected chi connectivity index (χ1v) is 8.44. The molecule has 2 unspecified atom stereocenters. The summed E-state index contributed by atoms with van der Waals surface area (Å²) >= 11 is 2.11. The Bertz CT molecular complexity index is 214. The number of likely N-dealkylation sites (tertiary alicyclic amines) is 1. The first-order chi connectivity index (χ1) is 8.25. The molecule has 0 saturated carbocycles. The van der Waals surface area contributed by atoms with Crippen molar-refractivity contribution in [1.29, 1.82) is 0 Å². The molecule has 0 bridgehead atoms. The number of nitrogens with one attached hydrogen (secondary N) is 1. The summed E-state index contributed by atoms with van der Waals surface area (Å²) in [4.78, 5) is 2.70. The average molecular weight is 256 g/mol. The molecule has 0 spiro atoms. The van der Waals surface area contributed by atoms with Crippen LogP contribution in [0.15, 0.2) is 0 Å². The van der Waals surface area contributed by atoms with Gasteiger partial charge in [-0.1, -0.05) is 13.8 Å². The average Bonchev–Trinajstić information content (AvgIpc) is 2.56. The largest absolute Gasteiger partial charge is 0.311 e. The van der Waals surface area contributed by atoms with Gasteiger partial charge in [-0.3, -0.25) is 0 Å². The van der Waals surface area contributed by atoms with Crippen LogP contribution in [0.5, 0.6) is 0 Å². The summed E-state index contributed by atoms with van der Waals surface area (Å²) in [5.74, 6) is 4.45. The lowest BCUT2D eigenvalue weighted by Crippen LogP contribution is -2.46. The molecule has 2 nitrogen and oxygen atoms in total. The molecule has 2 fully saturated rings. The number of hydrogen-bond acceptors (Lipinski definition) is 3. The molecule has 0 amide bonds. The van der Waals surface area contributed by atoms with Crippen LogP contribution in [0.3, 0.4) is 0 Å². The highest BCUT2D eigenvalue weighted by Crippen LogP contribution is 2.24. The molecule has 2 atom stereocenters. The van der Waals surface area contributed by atoms with E-state index in [2.05, 4.69) is 35.8 Å². The van der Waals surface area contributed by atoms with E-state index < -0.39 is 0 Å². The maximum absolute atomic E-state index is 3.66. The second-order valence-electron chi connectivity index (χ2n) is 5.96. The Morgan fingerprint density at radius 3 is 2.88 bits per heavy atom. The quantitative estimate of drug-likeness (QED) is 0.835. The van der Waals surface area contributed by atoms with Gasteiger partial charge < -0.3 is 10.2 Å². The Balaban J connectivity index is 1.74. The van der Waals surface area contributed by atoms with Crippen LogP contribution in [0.2, 0.25) is 0 Å². The summed E-state index contributed by atoms with van der Waals surface area (Å²) in [5, 5.41) is 3.66. The smallest absolute Gasteiger partial charge is 0.0285 e. The monoisotopic (exact) mass is 256 g/mol. The third-order valence-corrected chi connectivity index (χ3v) is 5.42. The van der Waals surface area contributed by atoms with Crippen LogP contribution in [0, 0.1) is 11.8 Å². The molecular weight excluding hydrogens is 228 g/mol. The first kappa shape index (κ1) is 13.7. The van der Waals surface area contributed by atoms with Gasteiger partial charge in [0.1, 0.15) is 0 Å². The molecule has 0 aromatic rings. The van der Waals surface area contributed by atoms with Gasteiger partial charge in [-0.05, 0) is 44.2 Å². The van der Waals surface area contributed by atoms with Gasteiger partial charge >= 0.3 is 0 Å². The van der Waals surface area contributed by atoms with Crippen molar-refractivity contribution in [3.63, 3.8) is 0 Å². The van der Waals surface area contributed by atoms with Crippen molar-refractivity contribution < 1.29 is 0 Å². The fourth-order valence-electron chi connectivity index (χ4n) is 3.08. The van der Waals surface area contributed by atoms with Crippen LogP contribution in [-0.2, 0) is 0 Å². The molecule has 3 heteroatoms. The predicted octanol–water partition coefficient (Wildman–Crippen LogP) is 2.45. The van der Waals surface area contributed by atoms with E-state index in [0.717, 1.165) is 17.9 Å². The van der Waals surface area contributed by atoms with Crippen molar-refractivity contribution in [3.8, 4) is 0 Å². The van der Waals surface area contributed by atoms with Gasteiger partial charge in [0.05, 0.1) is 0 Å². The predicted molar refractivity (Wildman–Crippen MR) is 77.7 cm³/mol. The summed E-state index contributed by atoms with van der Waals surface area (Å²) in [6.45, 7) is 9.91. The van der Waals surface area contributed by atoms with Crippen molar-refractivity contribution in [3.05, 3.63) is 0 Å². The minimum atomic E-state index is 0.740. The molecule has 0 radical (unpaired) electrons. The highest BCUT2D eigenvalue weighted by molar-refractivity contribution is 7.99. The summed E-state index contributed by atoms with van der Waals surface area (Å²) in [6, 6.07) is 0.740. The first-order valence-electron chi connectivity index (χ1n) is 7.29. The molecule has 2 heterocycles. The van der Waals surface area contributed by atoms with E-state index in [9.17, 15) is 0 Å². The fourth-order valence-corrected chi connectivity index (χ4v) is 4.02. The summed E-state index contributed by atoms with van der Waals surface area (Å²) in [6.07, 6.45) is 4.27. The van der Waals surface area contributed by atoms with Crippen molar-refractivity contribution in [2.75, 3.05) is 37.7 Å². The van der Waals surface area contributed by atoms with Crippen LogP contribution >= 0.6 is 11.8 Å². The third-order valence-electron chi connectivity index (χ3n) is 4.29. The number of thioether (sulfide) groups is 1. The van der Waals surface area contributed by atoms with Gasteiger partial charge in [-0.2, -0.15) is 11.8 Å². The van der Waals surface area contributed by atoms with E-state index in [4.69, 9.17) is 0 Å². The highest BCUT2D eigenvalue weighted by Gasteiger charge is 2.22. The number of rotatable bonds is 3. The molecule has 2 aliphatic heterocycles. The molecule has 2 saturated heterocycles. The molecule has 0 aromatic carbocycles. The van der Waals surface area contributed by atoms with Gasteiger partial charge in [0.2, 0.25) is 0 Å². The van der Waals surface area contributed by atoms with Gasteiger partial charge in [-0.25, -0.2) is 0 Å². The Morgan fingerprint density at radius 2 is 2.18 bits per heavy atom. The molecule has 2 aliphatic rings. The van der Waals surface area contributed by atoms with E-state index in [-0.39, 0.29) is 0 Å². The van der Waals surface area contributed by atoms with Crippen LogP contribution in [0.25, 0.3) is 0 Å². The van der Waals surface area contributed by atoms with Crippen LogP contribution in [-0.4, -0.2) is 48.6 Å². The summed E-state index contributed by atoms with van der Waals surface area (Å²) < 4.78 is 0. The standard InChI is InChI=1S/C14H28N2S/c1-12(2)13-4-3-7-16(8-5-13)10-14-11-17-9-6-15-14/h12-15H,3-11H2,1-2H3. The van der Waals surface area contributed by atoms with Gasteiger partial charge in [0, 0.05) is 30.6 Å². The zero-order valence-electron chi connectivity index (χ0n) is 11.5. The minimum absolute atomic E-state index is 0.740. The zero-order valence-corrected chi connectivity index (χ0v) is 12.3. The molecule has 0 aromatic heterocycles. The fraction of sp³-hybridized carbons (Fsp3) is 1.00. The van der Waals surface area contributed by atoms with Crippen molar-refractivity contribution >= 4 is 11.8 Å².